The SMILES string of the molecule is CS(=O)(=O)CCN(Cc1ccccc1)Cc1ccccc1. The molecule has 0 atom stereocenters. The number of sulfone groups is 1. The van der Waals surface area contributed by atoms with Gasteiger partial charge in [-0.05, 0) is 11.1 Å². The van der Waals surface area contributed by atoms with Gasteiger partial charge >= 0.3 is 0 Å². The molecule has 0 aliphatic heterocycles. The molecule has 0 aromatic heterocycles. The van der Waals surface area contributed by atoms with E-state index in [4.69, 9.17) is 0 Å². The molecular formula is C17H21NO2S. The fourth-order valence-electron chi connectivity index (χ4n) is 2.19. The average Bonchev–Trinajstić information content (AvgIpc) is 2.46. The van der Waals surface area contributed by atoms with Crippen molar-refractivity contribution in [1.82, 2.24) is 4.90 Å². The molecule has 112 valence electrons. The first-order valence-electron chi connectivity index (χ1n) is 7.01. The van der Waals surface area contributed by atoms with E-state index in [9.17, 15) is 8.42 Å². The lowest BCUT2D eigenvalue weighted by Crippen LogP contribution is -2.28. The van der Waals surface area contributed by atoms with E-state index in [0.29, 0.717) is 6.54 Å². The van der Waals surface area contributed by atoms with Crippen LogP contribution < -0.4 is 0 Å². The van der Waals surface area contributed by atoms with E-state index in [2.05, 4.69) is 29.2 Å². The third-order valence-corrected chi connectivity index (χ3v) is 4.20. The van der Waals surface area contributed by atoms with E-state index in [0.717, 1.165) is 13.1 Å². The first-order valence-corrected chi connectivity index (χ1v) is 9.07. The van der Waals surface area contributed by atoms with Crippen molar-refractivity contribution in [2.75, 3.05) is 18.6 Å². The van der Waals surface area contributed by atoms with Gasteiger partial charge in [0.25, 0.3) is 0 Å². The first-order chi connectivity index (χ1) is 10.0. The van der Waals surface area contributed by atoms with Crippen LogP contribution in [0.4, 0.5) is 0 Å². The number of rotatable bonds is 7. The van der Waals surface area contributed by atoms with Gasteiger partial charge in [0.15, 0.2) is 0 Å². The van der Waals surface area contributed by atoms with Gasteiger partial charge in [-0.2, -0.15) is 0 Å². The molecule has 0 fully saturated rings. The Labute approximate surface area is 127 Å². The second-order valence-corrected chi connectivity index (χ2v) is 7.57. The standard InChI is InChI=1S/C17H21NO2S/c1-21(19,20)13-12-18(14-16-8-4-2-5-9-16)15-17-10-6-3-7-11-17/h2-11H,12-15H2,1H3. The van der Waals surface area contributed by atoms with E-state index >= 15 is 0 Å². The topological polar surface area (TPSA) is 37.4 Å². The van der Waals surface area contributed by atoms with Crippen LogP contribution in [0.15, 0.2) is 60.7 Å². The second-order valence-electron chi connectivity index (χ2n) is 5.31. The minimum Gasteiger partial charge on any atom is -0.294 e. The van der Waals surface area contributed by atoms with Crippen LogP contribution in [0.5, 0.6) is 0 Å². The fraction of sp³-hybridized carbons (Fsp3) is 0.294. The van der Waals surface area contributed by atoms with Crippen LogP contribution >= 0.6 is 0 Å². The maximum atomic E-state index is 11.4. The molecule has 2 aromatic carbocycles. The zero-order chi connectivity index (χ0) is 15.1. The quantitative estimate of drug-likeness (QED) is 0.789. The summed E-state index contributed by atoms with van der Waals surface area (Å²) in [4.78, 5) is 2.17. The molecule has 0 aliphatic rings. The molecule has 4 heteroatoms. The van der Waals surface area contributed by atoms with E-state index < -0.39 is 9.84 Å². The van der Waals surface area contributed by atoms with Gasteiger partial charge in [-0.3, -0.25) is 4.90 Å². The molecule has 0 amide bonds. The van der Waals surface area contributed by atoms with Crippen molar-refractivity contribution in [3.63, 3.8) is 0 Å². The summed E-state index contributed by atoms with van der Waals surface area (Å²) >= 11 is 0. The Hall–Kier alpha value is -1.65. The Morgan fingerprint density at radius 3 is 1.62 bits per heavy atom. The van der Waals surface area contributed by atoms with E-state index in [1.54, 1.807) is 0 Å². The van der Waals surface area contributed by atoms with Crippen molar-refractivity contribution in [2.24, 2.45) is 0 Å². The summed E-state index contributed by atoms with van der Waals surface area (Å²) in [5.41, 5.74) is 2.39. The van der Waals surface area contributed by atoms with Crippen LogP contribution in [-0.2, 0) is 22.9 Å². The highest BCUT2D eigenvalue weighted by Crippen LogP contribution is 2.10. The van der Waals surface area contributed by atoms with Crippen molar-refractivity contribution in [3.05, 3.63) is 71.8 Å². The van der Waals surface area contributed by atoms with Crippen molar-refractivity contribution in [3.8, 4) is 0 Å². The van der Waals surface area contributed by atoms with Crippen LogP contribution in [0.3, 0.4) is 0 Å². The van der Waals surface area contributed by atoms with Gasteiger partial charge in [0, 0.05) is 25.9 Å². The van der Waals surface area contributed by atoms with E-state index in [1.807, 2.05) is 36.4 Å². The highest BCUT2D eigenvalue weighted by Gasteiger charge is 2.10. The molecule has 0 heterocycles. The van der Waals surface area contributed by atoms with Crippen molar-refractivity contribution in [1.29, 1.82) is 0 Å². The summed E-state index contributed by atoms with van der Waals surface area (Å²) in [6.45, 7) is 2.05. The molecule has 0 saturated heterocycles. The van der Waals surface area contributed by atoms with Gasteiger partial charge in [0.05, 0.1) is 5.75 Å². The van der Waals surface area contributed by atoms with Crippen LogP contribution in [0, 0.1) is 0 Å². The fourth-order valence-corrected chi connectivity index (χ4v) is 2.78. The molecule has 3 nitrogen and oxygen atoms in total. The van der Waals surface area contributed by atoms with Gasteiger partial charge in [0.2, 0.25) is 0 Å². The predicted octanol–water partition coefficient (Wildman–Crippen LogP) is 2.73. The lowest BCUT2D eigenvalue weighted by Gasteiger charge is -2.22. The molecule has 0 bridgehead atoms. The minimum atomic E-state index is -2.95. The first kappa shape index (κ1) is 15.7. The zero-order valence-corrected chi connectivity index (χ0v) is 13.1. The van der Waals surface area contributed by atoms with Crippen LogP contribution in [0.1, 0.15) is 11.1 Å². The van der Waals surface area contributed by atoms with Crippen molar-refractivity contribution < 1.29 is 8.42 Å². The third kappa shape index (κ3) is 6.10. The van der Waals surface area contributed by atoms with E-state index in [-0.39, 0.29) is 5.75 Å². The molecular weight excluding hydrogens is 282 g/mol. The Kier molecular flexibility index (Phi) is 5.53. The van der Waals surface area contributed by atoms with Crippen LogP contribution in [0.2, 0.25) is 0 Å². The third-order valence-electron chi connectivity index (χ3n) is 3.28. The number of nitrogens with zero attached hydrogens (tertiary/aromatic N) is 1. The average molecular weight is 303 g/mol. The normalized spacial score (nSPS) is 11.7. The summed E-state index contributed by atoms with van der Waals surface area (Å²) in [5.74, 6) is 0.187. The molecule has 21 heavy (non-hydrogen) atoms. The summed E-state index contributed by atoms with van der Waals surface area (Å²) in [5, 5.41) is 0. The second kappa shape index (κ2) is 7.38. The molecule has 0 radical (unpaired) electrons. The monoisotopic (exact) mass is 303 g/mol. The minimum absolute atomic E-state index is 0.187. The smallest absolute Gasteiger partial charge is 0.148 e. The summed E-state index contributed by atoms with van der Waals surface area (Å²) in [6.07, 6.45) is 1.29. The Bertz CT molecular complexity index is 598. The van der Waals surface area contributed by atoms with Gasteiger partial charge in [0.1, 0.15) is 9.84 Å². The Morgan fingerprint density at radius 1 is 0.810 bits per heavy atom. The molecule has 0 aliphatic carbocycles. The highest BCUT2D eigenvalue weighted by atomic mass is 32.2. The van der Waals surface area contributed by atoms with Crippen molar-refractivity contribution in [2.45, 2.75) is 13.1 Å². The zero-order valence-electron chi connectivity index (χ0n) is 12.3. The molecule has 2 rings (SSSR count). The van der Waals surface area contributed by atoms with Gasteiger partial charge in [-0.1, -0.05) is 60.7 Å². The largest absolute Gasteiger partial charge is 0.294 e. The van der Waals surface area contributed by atoms with Crippen molar-refractivity contribution >= 4 is 9.84 Å². The Morgan fingerprint density at radius 2 is 1.24 bits per heavy atom. The summed E-state index contributed by atoms with van der Waals surface area (Å²) < 4.78 is 22.8. The number of benzene rings is 2. The van der Waals surface area contributed by atoms with Gasteiger partial charge in [-0.15, -0.1) is 0 Å². The molecule has 2 aromatic rings. The lowest BCUT2D eigenvalue weighted by molar-refractivity contribution is 0.272. The molecule has 0 spiro atoms. The van der Waals surface area contributed by atoms with Gasteiger partial charge < -0.3 is 0 Å². The van der Waals surface area contributed by atoms with E-state index in [1.165, 1.54) is 17.4 Å². The maximum absolute atomic E-state index is 11.4. The number of hydrogen-bond donors (Lipinski definition) is 0. The maximum Gasteiger partial charge on any atom is 0.148 e. The lowest BCUT2D eigenvalue weighted by atomic mass is 10.1. The van der Waals surface area contributed by atoms with Crippen LogP contribution in [-0.4, -0.2) is 31.9 Å². The van der Waals surface area contributed by atoms with Gasteiger partial charge in [-0.25, -0.2) is 8.42 Å². The number of hydrogen-bond acceptors (Lipinski definition) is 3. The van der Waals surface area contributed by atoms with Crippen LogP contribution in [0.25, 0.3) is 0 Å². The molecule has 0 saturated carbocycles. The highest BCUT2D eigenvalue weighted by molar-refractivity contribution is 7.90. The predicted molar refractivity (Wildman–Crippen MR) is 86.7 cm³/mol. The summed E-state index contributed by atoms with van der Waals surface area (Å²) in [6, 6.07) is 20.3. The Balaban J connectivity index is 2.06. The summed E-state index contributed by atoms with van der Waals surface area (Å²) in [7, 11) is -2.95. The molecule has 0 N–H and O–H groups in total. The molecule has 0 unspecified atom stereocenters.